The lowest BCUT2D eigenvalue weighted by atomic mass is 9.97. The number of hydrogen-bond acceptors (Lipinski definition) is 5. The predicted octanol–water partition coefficient (Wildman–Crippen LogP) is 7.01. The molecule has 1 amide bonds. The molecule has 3 rings (SSSR count). The molecule has 0 aliphatic carbocycles. The van der Waals surface area contributed by atoms with Gasteiger partial charge in [0.25, 0.3) is 5.91 Å². The number of amides is 1. The maximum atomic E-state index is 13.4. The number of carbonyl (C=O) groups excluding carboxylic acids is 1. The number of aromatic hydroxyl groups is 3. The molecule has 2 aromatic rings. The van der Waals surface area contributed by atoms with Crippen molar-refractivity contribution < 1.29 is 20.1 Å². The number of nitrogens with one attached hydrogen (secondary N) is 1. The molecule has 6 heteroatoms. The Morgan fingerprint density at radius 2 is 1.79 bits per heavy atom. The second-order valence-electron chi connectivity index (χ2n) is 9.51. The summed E-state index contributed by atoms with van der Waals surface area (Å²) in [6, 6.07) is 7.38. The second kappa shape index (κ2) is 11.1. The van der Waals surface area contributed by atoms with Crippen LogP contribution in [-0.4, -0.2) is 27.8 Å². The van der Waals surface area contributed by atoms with Crippen molar-refractivity contribution in [3.63, 3.8) is 0 Å². The molecule has 1 atom stereocenters. The lowest BCUT2D eigenvalue weighted by Crippen LogP contribution is -2.30. The molecule has 0 saturated heterocycles. The van der Waals surface area contributed by atoms with Gasteiger partial charge < -0.3 is 25.5 Å². The van der Waals surface area contributed by atoms with Crippen LogP contribution in [0.25, 0.3) is 0 Å². The summed E-state index contributed by atoms with van der Waals surface area (Å²) in [4.78, 5) is 14.9. The van der Waals surface area contributed by atoms with Crippen LogP contribution in [0, 0.1) is 5.92 Å². The van der Waals surface area contributed by atoms with E-state index in [1.807, 2.05) is 6.08 Å². The summed E-state index contributed by atoms with van der Waals surface area (Å²) in [7, 11) is 0. The summed E-state index contributed by atoms with van der Waals surface area (Å²) < 4.78 is 0. The number of benzene rings is 2. The van der Waals surface area contributed by atoms with Crippen LogP contribution in [0.5, 0.6) is 17.2 Å². The highest BCUT2D eigenvalue weighted by Gasteiger charge is 2.29. The van der Waals surface area contributed by atoms with E-state index in [9.17, 15) is 20.1 Å². The molecule has 6 nitrogen and oxygen atoms in total. The number of hydrogen-bond donors (Lipinski definition) is 4. The van der Waals surface area contributed by atoms with E-state index in [0.717, 1.165) is 25.7 Å². The quantitative estimate of drug-likeness (QED) is 0.182. The van der Waals surface area contributed by atoms with Gasteiger partial charge in [0.2, 0.25) is 0 Å². The Morgan fingerprint density at radius 3 is 2.53 bits per heavy atom. The van der Waals surface area contributed by atoms with Gasteiger partial charge in [-0.2, -0.15) is 0 Å². The maximum absolute atomic E-state index is 13.4. The highest BCUT2D eigenvalue weighted by molar-refractivity contribution is 6.15. The van der Waals surface area contributed by atoms with Crippen molar-refractivity contribution >= 4 is 23.0 Å². The van der Waals surface area contributed by atoms with Crippen LogP contribution in [0.2, 0.25) is 0 Å². The van der Waals surface area contributed by atoms with Gasteiger partial charge in [0.1, 0.15) is 22.9 Å². The molecule has 0 saturated carbocycles. The monoisotopic (exact) mass is 464 g/mol. The third-order valence-corrected chi connectivity index (χ3v) is 6.24. The zero-order valence-electron chi connectivity index (χ0n) is 20.6. The fourth-order valence-electron chi connectivity index (χ4n) is 4.23. The van der Waals surface area contributed by atoms with Crippen LogP contribution >= 0.6 is 0 Å². The van der Waals surface area contributed by atoms with Gasteiger partial charge >= 0.3 is 0 Å². The van der Waals surface area contributed by atoms with E-state index >= 15 is 0 Å². The van der Waals surface area contributed by atoms with Crippen molar-refractivity contribution in [2.75, 3.05) is 16.8 Å². The van der Waals surface area contributed by atoms with Crippen LogP contribution in [0.1, 0.15) is 70.2 Å². The Kier molecular flexibility index (Phi) is 8.26. The fraction of sp³-hybridized carbons (Fsp3) is 0.393. The summed E-state index contributed by atoms with van der Waals surface area (Å²) >= 11 is 0. The maximum Gasteiger partial charge on any atom is 0.260 e. The van der Waals surface area contributed by atoms with E-state index in [1.54, 1.807) is 12.1 Å². The number of phenols is 3. The zero-order valence-corrected chi connectivity index (χ0v) is 20.6. The molecule has 0 aromatic heterocycles. The molecule has 0 spiro atoms. The number of fused-ring (bicyclic) bond motifs is 2. The van der Waals surface area contributed by atoms with Crippen LogP contribution < -0.4 is 10.2 Å². The van der Waals surface area contributed by atoms with Crippen LogP contribution in [0.3, 0.4) is 0 Å². The summed E-state index contributed by atoms with van der Waals surface area (Å²) in [5, 5.41) is 33.8. The van der Waals surface area contributed by atoms with Gasteiger partial charge in [-0.05, 0) is 64.5 Å². The molecule has 1 aliphatic rings. The molecule has 0 fully saturated rings. The number of nitrogens with zero attached hydrogens (tertiary/aromatic N) is 1. The Bertz CT molecular complexity index is 1100. The number of para-hydroxylation sites is 1. The van der Waals surface area contributed by atoms with Crippen molar-refractivity contribution in [1.82, 2.24) is 0 Å². The SMILES string of the molecule is CC(C)=CCCC(C)CCCC(C)=CCN1C(=O)c2cccc(O)c2Nc2c(O)cc(O)cc21. The van der Waals surface area contributed by atoms with E-state index in [-0.39, 0.29) is 41.1 Å². The summed E-state index contributed by atoms with van der Waals surface area (Å²) in [6.45, 7) is 8.91. The first-order chi connectivity index (χ1) is 16.2. The molecule has 182 valence electrons. The van der Waals surface area contributed by atoms with Crippen LogP contribution in [0.4, 0.5) is 17.1 Å². The Balaban J connectivity index is 1.75. The van der Waals surface area contributed by atoms with Crippen molar-refractivity contribution in [2.45, 2.75) is 59.8 Å². The van der Waals surface area contributed by atoms with Crippen LogP contribution in [0.15, 0.2) is 53.6 Å². The van der Waals surface area contributed by atoms with Crippen LogP contribution in [-0.2, 0) is 0 Å². The van der Waals surface area contributed by atoms with Crippen molar-refractivity contribution in [3.05, 3.63) is 59.2 Å². The highest BCUT2D eigenvalue weighted by atomic mass is 16.3. The lowest BCUT2D eigenvalue weighted by Gasteiger charge is -2.22. The Hall–Kier alpha value is -3.41. The highest BCUT2D eigenvalue weighted by Crippen LogP contribution is 2.45. The van der Waals surface area contributed by atoms with Gasteiger partial charge in [-0.1, -0.05) is 42.7 Å². The van der Waals surface area contributed by atoms with Gasteiger partial charge in [-0.3, -0.25) is 4.79 Å². The van der Waals surface area contributed by atoms with E-state index in [4.69, 9.17) is 0 Å². The minimum atomic E-state index is -0.320. The first-order valence-electron chi connectivity index (χ1n) is 11.9. The number of anilines is 3. The minimum Gasteiger partial charge on any atom is -0.508 e. The predicted molar refractivity (Wildman–Crippen MR) is 138 cm³/mol. The van der Waals surface area contributed by atoms with Gasteiger partial charge in [0.15, 0.2) is 0 Å². The molecule has 4 N–H and O–H groups in total. The second-order valence-corrected chi connectivity index (χ2v) is 9.51. The van der Waals surface area contributed by atoms with Gasteiger partial charge in [0.05, 0.1) is 16.9 Å². The standard InChI is InChI=1S/C28H36N2O4/c1-18(2)8-5-9-19(3)10-6-11-20(4)14-15-30-23-16-21(31)17-25(33)27(23)29-26-22(28(30)34)12-7-13-24(26)32/h7-8,12-14,16-17,19,29,31-33H,5-6,9-11,15H2,1-4H3. The molecule has 1 heterocycles. The third-order valence-electron chi connectivity index (χ3n) is 6.24. The van der Waals surface area contributed by atoms with Gasteiger partial charge in [-0.15, -0.1) is 0 Å². The fourth-order valence-corrected chi connectivity index (χ4v) is 4.23. The first-order valence-corrected chi connectivity index (χ1v) is 11.9. The molecule has 2 aromatic carbocycles. The average molecular weight is 465 g/mol. The largest absolute Gasteiger partial charge is 0.508 e. The topological polar surface area (TPSA) is 93.0 Å². The molecule has 34 heavy (non-hydrogen) atoms. The summed E-state index contributed by atoms with van der Waals surface area (Å²) in [5.41, 5.74) is 3.71. The van der Waals surface area contributed by atoms with Gasteiger partial charge in [0, 0.05) is 18.7 Å². The van der Waals surface area contributed by atoms with E-state index in [1.165, 1.54) is 40.7 Å². The number of carbonyl (C=O) groups is 1. The Morgan fingerprint density at radius 1 is 1.03 bits per heavy atom. The smallest absolute Gasteiger partial charge is 0.260 e. The van der Waals surface area contributed by atoms with E-state index in [2.05, 4.69) is 39.1 Å². The molecular formula is C28H36N2O4. The van der Waals surface area contributed by atoms with E-state index in [0.29, 0.717) is 17.2 Å². The minimum absolute atomic E-state index is 0.0865. The van der Waals surface area contributed by atoms with E-state index < -0.39 is 0 Å². The van der Waals surface area contributed by atoms with Crippen molar-refractivity contribution in [3.8, 4) is 17.2 Å². The molecule has 1 unspecified atom stereocenters. The zero-order chi connectivity index (χ0) is 24.8. The van der Waals surface area contributed by atoms with Crippen molar-refractivity contribution in [2.24, 2.45) is 5.92 Å². The first kappa shape index (κ1) is 25.2. The Labute approximate surface area is 202 Å². The number of allylic oxidation sites excluding steroid dienone is 3. The number of phenolic OH excluding ortho intramolecular Hbond substituents is 3. The average Bonchev–Trinajstić information content (AvgIpc) is 2.87. The van der Waals surface area contributed by atoms with Gasteiger partial charge in [-0.25, -0.2) is 0 Å². The molecule has 1 aliphatic heterocycles. The van der Waals surface area contributed by atoms with Crippen molar-refractivity contribution in [1.29, 1.82) is 0 Å². The lowest BCUT2D eigenvalue weighted by molar-refractivity contribution is 0.0991. The normalized spacial score (nSPS) is 14.1. The molecular weight excluding hydrogens is 428 g/mol. The summed E-state index contributed by atoms with van der Waals surface area (Å²) in [5.74, 6) is -0.0835. The third kappa shape index (κ3) is 6.13. The number of rotatable bonds is 9. The molecule has 0 bridgehead atoms. The summed E-state index contributed by atoms with van der Waals surface area (Å²) in [6.07, 6.45) is 9.82. The molecule has 0 radical (unpaired) electrons.